The molecule has 0 fully saturated rings. The third kappa shape index (κ3) is 4.10. The maximum atomic E-state index is 3.56. The summed E-state index contributed by atoms with van der Waals surface area (Å²) in [6.07, 6.45) is 0. The van der Waals surface area contributed by atoms with Crippen molar-refractivity contribution in [3.8, 4) is 0 Å². The topological polar surface area (TPSA) is 15.3 Å². The second-order valence-electron chi connectivity index (χ2n) is 5.74. The molecule has 0 bridgehead atoms. The average Bonchev–Trinajstić information content (AvgIpc) is 2.36. The van der Waals surface area contributed by atoms with Crippen molar-refractivity contribution in [2.24, 2.45) is 0 Å². The van der Waals surface area contributed by atoms with Crippen LogP contribution in [0.5, 0.6) is 0 Å². The van der Waals surface area contributed by atoms with Gasteiger partial charge in [0.15, 0.2) is 0 Å². The fraction of sp³-hybridized carbons (Fsp3) is 0.333. The Bertz CT molecular complexity index is 553. The maximum absolute atomic E-state index is 3.56. The summed E-state index contributed by atoms with van der Waals surface area (Å²) in [7, 11) is 4.20. The fourth-order valence-electron chi connectivity index (χ4n) is 2.54. The molecule has 2 heteroatoms. The van der Waals surface area contributed by atoms with Gasteiger partial charge in [-0.15, -0.1) is 0 Å². The summed E-state index contributed by atoms with van der Waals surface area (Å²) in [4.78, 5) is 2.19. The molecule has 0 aromatic heterocycles. The Kier molecular flexibility index (Phi) is 4.80. The van der Waals surface area contributed by atoms with Crippen molar-refractivity contribution in [3.63, 3.8) is 0 Å². The van der Waals surface area contributed by atoms with E-state index in [-0.39, 0.29) is 0 Å². The van der Waals surface area contributed by atoms with E-state index >= 15 is 0 Å². The largest absolute Gasteiger partial charge is 0.381 e. The number of anilines is 1. The Labute approximate surface area is 122 Å². The molecule has 0 saturated carbocycles. The molecular weight excluding hydrogens is 244 g/mol. The predicted molar refractivity (Wildman–Crippen MR) is 87.1 cm³/mol. The van der Waals surface area contributed by atoms with Crippen LogP contribution >= 0.6 is 0 Å². The van der Waals surface area contributed by atoms with Crippen molar-refractivity contribution in [2.75, 3.05) is 19.4 Å². The molecule has 1 N–H and O–H groups in total. The lowest BCUT2D eigenvalue weighted by Gasteiger charge is -2.16. The second kappa shape index (κ2) is 6.58. The standard InChI is InChI=1S/C18H24N2/c1-14-9-15(2)11-16(10-14)12-19-18-8-6-5-7-17(18)13-20(3)4/h5-11,19H,12-13H2,1-4H3. The zero-order chi connectivity index (χ0) is 14.5. The molecule has 2 rings (SSSR count). The molecule has 0 aliphatic carbocycles. The van der Waals surface area contributed by atoms with Gasteiger partial charge in [-0.25, -0.2) is 0 Å². The Morgan fingerprint density at radius 1 is 0.950 bits per heavy atom. The smallest absolute Gasteiger partial charge is 0.0401 e. The van der Waals surface area contributed by atoms with Crippen LogP contribution in [0.1, 0.15) is 22.3 Å². The van der Waals surface area contributed by atoms with Crippen molar-refractivity contribution in [2.45, 2.75) is 26.9 Å². The van der Waals surface area contributed by atoms with Gasteiger partial charge in [-0.05, 0) is 45.1 Å². The number of para-hydroxylation sites is 1. The second-order valence-corrected chi connectivity index (χ2v) is 5.74. The summed E-state index contributed by atoms with van der Waals surface area (Å²) in [5.74, 6) is 0. The molecule has 0 spiro atoms. The summed E-state index contributed by atoms with van der Waals surface area (Å²) in [6, 6.07) is 15.2. The van der Waals surface area contributed by atoms with Crippen molar-refractivity contribution in [1.29, 1.82) is 0 Å². The third-order valence-electron chi connectivity index (χ3n) is 3.27. The molecule has 2 aromatic carbocycles. The number of rotatable bonds is 5. The van der Waals surface area contributed by atoms with Gasteiger partial charge in [0.05, 0.1) is 0 Å². The fourth-order valence-corrected chi connectivity index (χ4v) is 2.54. The number of nitrogens with one attached hydrogen (secondary N) is 1. The Morgan fingerprint density at radius 2 is 1.60 bits per heavy atom. The van der Waals surface area contributed by atoms with E-state index in [1.807, 2.05) is 0 Å². The van der Waals surface area contributed by atoms with Gasteiger partial charge in [0, 0.05) is 18.8 Å². The summed E-state index contributed by atoms with van der Waals surface area (Å²) in [5.41, 5.74) is 6.54. The lowest BCUT2D eigenvalue weighted by Crippen LogP contribution is -2.12. The van der Waals surface area contributed by atoms with Crippen molar-refractivity contribution < 1.29 is 0 Å². The molecule has 0 atom stereocenters. The van der Waals surface area contributed by atoms with Crippen LogP contribution in [0.3, 0.4) is 0 Å². The molecule has 106 valence electrons. The molecule has 2 aromatic rings. The quantitative estimate of drug-likeness (QED) is 0.882. The van der Waals surface area contributed by atoms with E-state index in [2.05, 4.69) is 80.6 Å². The van der Waals surface area contributed by atoms with Crippen LogP contribution in [0.2, 0.25) is 0 Å². The zero-order valence-electron chi connectivity index (χ0n) is 12.9. The molecule has 0 radical (unpaired) electrons. The van der Waals surface area contributed by atoms with Crippen LogP contribution in [-0.2, 0) is 13.1 Å². The van der Waals surface area contributed by atoms with Gasteiger partial charge >= 0.3 is 0 Å². The van der Waals surface area contributed by atoms with Crippen LogP contribution in [0.4, 0.5) is 5.69 Å². The van der Waals surface area contributed by atoms with Crippen LogP contribution in [0.25, 0.3) is 0 Å². The molecule has 2 nitrogen and oxygen atoms in total. The van der Waals surface area contributed by atoms with E-state index < -0.39 is 0 Å². The number of nitrogens with zero attached hydrogens (tertiary/aromatic N) is 1. The molecule has 20 heavy (non-hydrogen) atoms. The highest BCUT2D eigenvalue weighted by atomic mass is 15.1. The minimum Gasteiger partial charge on any atom is -0.381 e. The van der Waals surface area contributed by atoms with E-state index in [1.54, 1.807) is 0 Å². The lowest BCUT2D eigenvalue weighted by molar-refractivity contribution is 0.403. The first-order valence-electron chi connectivity index (χ1n) is 7.08. The van der Waals surface area contributed by atoms with Gasteiger partial charge < -0.3 is 10.2 Å². The SMILES string of the molecule is Cc1cc(C)cc(CNc2ccccc2CN(C)C)c1. The Balaban J connectivity index is 2.10. The van der Waals surface area contributed by atoms with Crippen LogP contribution < -0.4 is 5.32 Å². The number of hydrogen-bond acceptors (Lipinski definition) is 2. The average molecular weight is 268 g/mol. The van der Waals surface area contributed by atoms with Crippen LogP contribution in [0, 0.1) is 13.8 Å². The summed E-state index contributed by atoms with van der Waals surface area (Å²) in [6.45, 7) is 6.12. The summed E-state index contributed by atoms with van der Waals surface area (Å²) < 4.78 is 0. The summed E-state index contributed by atoms with van der Waals surface area (Å²) >= 11 is 0. The first-order chi connectivity index (χ1) is 9.54. The van der Waals surface area contributed by atoms with Gasteiger partial charge in [-0.1, -0.05) is 47.5 Å². The number of benzene rings is 2. The minimum atomic E-state index is 0.868. The summed E-state index contributed by atoms with van der Waals surface area (Å²) in [5, 5.41) is 3.56. The molecular formula is C18H24N2. The maximum Gasteiger partial charge on any atom is 0.0401 e. The minimum absolute atomic E-state index is 0.868. The van der Waals surface area contributed by atoms with Gasteiger partial charge in [-0.2, -0.15) is 0 Å². The Hall–Kier alpha value is -1.80. The monoisotopic (exact) mass is 268 g/mol. The molecule has 0 amide bonds. The zero-order valence-corrected chi connectivity index (χ0v) is 12.9. The van der Waals surface area contributed by atoms with E-state index in [0.29, 0.717) is 0 Å². The number of hydrogen-bond donors (Lipinski definition) is 1. The lowest BCUT2D eigenvalue weighted by atomic mass is 10.1. The first-order valence-corrected chi connectivity index (χ1v) is 7.08. The van der Waals surface area contributed by atoms with Gasteiger partial charge in [-0.3, -0.25) is 0 Å². The van der Waals surface area contributed by atoms with E-state index in [9.17, 15) is 0 Å². The van der Waals surface area contributed by atoms with Gasteiger partial charge in [0.2, 0.25) is 0 Å². The molecule has 0 aliphatic rings. The highest BCUT2D eigenvalue weighted by Gasteiger charge is 2.03. The molecule has 0 heterocycles. The van der Waals surface area contributed by atoms with E-state index in [4.69, 9.17) is 0 Å². The first kappa shape index (κ1) is 14.6. The number of aryl methyl sites for hydroxylation is 2. The van der Waals surface area contributed by atoms with Gasteiger partial charge in [0.1, 0.15) is 0 Å². The van der Waals surface area contributed by atoms with Crippen molar-refractivity contribution >= 4 is 5.69 Å². The van der Waals surface area contributed by atoms with Crippen LogP contribution in [-0.4, -0.2) is 19.0 Å². The van der Waals surface area contributed by atoms with Gasteiger partial charge in [0.25, 0.3) is 0 Å². The highest BCUT2D eigenvalue weighted by Crippen LogP contribution is 2.18. The van der Waals surface area contributed by atoms with E-state index in [1.165, 1.54) is 27.9 Å². The Morgan fingerprint density at radius 3 is 2.25 bits per heavy atom. The molecule has 0 unspecified atom stereocenters. The highest BCUT2D eigenvalue weighted by molar-refractivity contribution is 5.51. The molecule has 0 aliphatic heterocycles. The van der Waals surface area contributed by atoms with E-state index in [0.717, 1.165) is 13.1 Å². The predicted octanol–water partition coefficient (Wildman–Crippen LogP) is 3.98. The third-order valence-corrected chi connectivity index (χ3v) is 3.27. The van der Waals surface area contributed by atoms with Crippen LogP contribution in [0.15, 0.2) is 42.5 Å². The molecule has 0 saturated heterocycles. The normalized spacial score (nSPS) is 10.8. The van der Waals surface area contributed by atoms with Crippen molar-refractivity contribution in [1.82, 2.24) is 4.90 Å². The van der Waals surface area contributed by atoms with Crippen molar-refractivity contribution in [3.05, 3.63) is 64.7 Å².